The summed E-state index contributed by atoms with van der Waals surface area (Å²) in [6, 6.07) is 5.84. The monoisotopic (exact) mass is 293 g/mol. The first kappa shape index (κ1) is 9.08. The van der Waals surface area contributed by atoms with Crippen LogP contribution in [-0.2, 0) is 0 Å². The molecular formula is C9H14IN2O-. The molecule has 13 heavy (non-hydrogen) atoms. The molecule has 5 N–H and O–H groups in total. The minimum absolute atomic E-state index is 0.385. The molecule has 0 bridgehead atoms. The molecule has 0 saturated carbocycles. The fraction of sp³-hybridized carbons (Fsp3) is 0.333. The van der Waals surface area contributed by atoms with Crippen LogP contribution in [0.1, 0.15) is 0 Å². The van der Waals surface area contributed by atoms with Crippen LogP contribution in [0.5, 0.6) is 0 Å². The zero-order chi connectivity index (χ0) is 9.47. The van der Waals surface area contributed by atoms with E-state index in [0.29, 0.717) is 16.0 Å². The summed E-state index contributed by atoms with van der Waals surface area (Å²) < 4.78 is 4.13. The maximum absolute atomic E-state index is 9.28. The SMILES string of the molecule is Nc1ccc([I-]2(CO)CC2)cc1N. The Morgan fingerprint density at radius 1 is 1.23 bits per heavy atom. The molecular weight excluding hydrogens is 279 g/mol. The molecule has 74 valence electrons. The number of aliphatic hydroxyl groups is 1. The molecule has 1 aliphatic heterocycles. The van der Waals surface area contributed by atoms with Crippen LogP contribution < -0.4 is 29.9 Å². The number of nitrogen functional groups attached to an aromatic ring is 2. The van der Waals surface area contributed by atoms with Crippen LogP contribution in [-0.4, -0.2) is 18.6 Å². The van der Waals surface area contributed by atoms with Gasteiger partial charge in [0.2, 0.25) is 0 Å². The number of hydrogen-bond acceptors (Lipinski definition) is 3. The van der Waals surface area contributed by atoms with E-state index in [0.717, 1.165) is 0 Å². The van der Waals surface area contributed by atoms with Gasteiger partial charge in [0.15, 0.2) is 0 Å². The minimum atomic E-state index is -1.86. The Hall–Kier alpha value is -0.490. The summed E-state index contributed by atoms with van der Waals surface area (Å²) in [5.74, 6) is 0. The van der Waals surface area contributed by atoms with Gasteiger partial charge < -0.3 is 0 Å². The summed E-state index contributed by atoms with van der Waals surface area (Å²) in [6.07, 6.45) is 0. The third-order valence-corrected chi connectivity index (χ3v) is 10.7. The molecule has 0 unspecified atom stereocenters. The Kier molecular flexibility index (Phi) is 2.11. The molecule has 1 saturated heterocycles. The van der Waals surface area contributed by atoms with Crippen LogP contribution in [0.15, 0.2) is 18.2 Å². The molecule has 1 aliphatic rings. The molecule has 1 fully saturated rings. The third kappa shape index (κ3) is 1.48. The normalized spacial score (nSPS) is 21.0. The van der Waals surface area contributed by atoms with Crippen molar-refractivity contribution in [1.29, 1.82) is 0 Å². The van der Waals surface area contributed by atoms with Crippen molar-refractivity contribution in [3.05, 3.63) is 21.8 Å². The van der Waals surface area contributed by atoms with Gasteiger partial charge in [0.25, 0.3) is 0 Å². The van der Waals surface area contributed by atoms with Gasteiger partial charge in [-0.2, -0.15) is 0 Å². The molecule has 1 aromatic carbocycles. The second-order valence-electron chi connectivity index (χ2n) is 3.24. The summed E-state index contributed by atoms with van der Waals surface area (Å²) >= 11 is -1.86. The maximum atomic E-state index is 9.28. The molecule has 0 amide bonds. The number of rotatable bonds is 2. The van der Waals surface area contributed by atoms with E-state index >= 15 is 0 Å². The summed E-state index contributed by atoms with van der Waals surface area (Å²) in [4.78, 5) is 0. The fourth-order valence-corrected chi connectivity index (χ4v) is 9.34. The zero-order valence-electron chi connectivity index (χ0n) is 7.33. The van der Waals surface area contributed by atoms with Gasteiger partial charge in [0.05, 0.1) is 0 Å². The summed E-state index contributed by atoms with van der Waals surface area (Å²) in [7, 11) is 0. The van der Waals surface area contributed by atoms with Crippen molar-refractivity contribution < 1.29 is 23.5 Å². The van der Waals surface area contributed by atoms with Gasteiger partial charge in [0, 0.05) is 0 Å². The number of benzene rings is 1. The molecule has 4 heteroatoms. The van der Waals surface area contributed by atoms with Crippen LogP contribution in [0, 0.1) is 3.57 Å². The van der Waals surface area contributed by atoms with Crippen LogP contribution in [0.4, 0.5) is 11.4 Å². The van der Waals surface area contributed by atoms with Gasteiger partial charge in [-0.25, -0.2) is 0 Å². The first-order valence-electron chi connectivity index (χ1n) is 4.12. The van der Waals surface area contributed by atoms with E-state index in [1.807, 2.05) is 18.2 Å². The van der Waals surface area contributed by atoms with Gasteiger partial charge >= 0.3 is 81.6 Å². The number of hydrogen-bond donors (Lipinski definition) is 3. The van der Waals surface area contributed by atoms with Crippen LogP contribution in [0.2, 0.25) is 0 Å². The van der Waals surface area contributed by atoms with Crippen LogP contribution in [0.3, 0.4) is 0 Å². The average Bonchev–Trinajstić information content (AvgIpc) is 2.90. The Bertz CT molecular complexity index is 336. The van der Waals surface area contributed by atoms with Gasteiger partial charge in [-0.15, -0.1) is 0 Å². The van der Waals surface area contributed by atoms with Crippen molar-refractivity contribution in [2.24, 2.45) is 0 Å². The quantitative estimate of drug-likeness (QED) is 0.312. The predicted molar refractivity (Wildman–Crippen MR) is 50.8 cm³/mol. The van der Waals surface area contributed by atoms with Crippen molar-refractivity contribution in [1.82, 2.24) is 0 Å². The molecule has 0 spiro atoms. The van der Waals surface area contributed by atoms with Crippen molar-refractivity contribution in [2.75, 3.05) is 24.9 Å². The summed E-state index contributed by atoms with van der Waals surface area (Å²) in [5.41, 5.74) is 12.6. The number of aliphatic hydroxyl groups excluding tert-OH is 1. The Balaban J connectivity index is 2.37. The topological polar surface area (TPSA) is 72.3 Å². The van der Waals surface area contributed by atoms with Crippen molar-refractivity contribution in [2.45, 2.75) is 0 Å². The van der Waals surface area contributed by atoms with Crippen LogP contribution >= 0.6 is 0 Å². The molecule has 2 rings (SSSR count). The first-order chi connectivity index (χ1) is 6.18. The number of alkyl halides is 3. The third-order valence-electron chi connectivity index (χ3n) is 2.39. The Labute approximate surface area is 81.6 Å². The molecule has 1 aromatic rings. The second kappa shape index (κ2) is 3.02. The van der Waals surface area contributed by atoms with E-state index in [1.54, 1.807) is 0 Å². The standard InChI is InChI=1S/C9H14IN2O/c11-8-2-1-7(5-9(8)12)10(6-13)3-4-10/h1-2,5,13H,3-4,6,11-12H2/q-1. The van der Waals surface area contributed by atoms with E-state index in [2.05, 4.69) is 0 Å². The van der Waals surface area contributed by atoms with Gasteiger partial charge in [0.1, 0.15) is 0 Å². The van der Waals surface area contributed by atoms with Gasteiger partial charge in [-0.1, -0.05) is 0 Å². The average molecular weight is 293 g/mol. The van der Waals surface area contributed by atoms with E-state index < -0.39 is 18.4 Å². The molecule has 3 nitrogen and oxygen atoms in total. The van der Waals surface area contributed by atoms with Crippen molar-refractivity contribution in [3.8, 4) is 0 Å². The van der Waals surface area contributed by atoms with Gasteiger partial charge in [-0.3, -0.25) is 0 Å². The Morgan fingerprint density at radius 2 is 1.92 bits per heavy atom. The Morgan fingerprint density at radius 3 is 2.38 bits per heavy atom. The predicted octanol–water partition coefficient (Wildman–Crippen LogP) is -2.86. The first-order valence-corrected chi connectivity index (χ1v) is 9.78. The number of anilines is 2. The molecule has 1 heterocycles. The van der Waals surface area contributed by atoms with E-state index in [-0.39, 0.29) is 0 Å². The van der Waals surface area contributed by atoms with E-state index in [1.165, 1.54) is 12.4 Å². The van der Waals surface area contributed by atoms with Crippen molar-refractivity contribution >= 4 is 11.4 Å². The number of halogens is 1. The molecule has 0 radical (unpaired) electrons. The molecule has 0 aliphatic carbocycles. The molecule has 0 aromatic heterocycles. The van der Waals surface area contributed by atoms with Gasteiger partial charge in [-0.05, 0) is 0 Å². The fourth-order valence-electron chi connectivity index (χ4n) is 1.29. The second-order valence-corrected chi connectivity index (χ2v) is 12.8. The van der Waals surface area contributed by atoms with E-state index in [9.17, 15) is 5.11 Å². The number of nitrogens with two attached hydrogens (primary N) is 2. The zero-order valence-corrected chi connectivity index (χ0v) is 9.49. The van der Waals surface area contributed by atoms with Crippen LogP contribution in [0.25, 0.3) is 0 Å². The molecule has 0 atom stereocenters. The summed E-state index contributed by atoms with van der Waals surface area (Å²) in [5, 5.41) is 9.28. The van der Waals surface area contributed by atoms with Crippen molar-refractivity contribution in [3.63, 3.8) is 0 Å². The van der Waals surface area contributed by atoms with E-state index in [4.69, 9.17) is 11.5 Å². The summed E-state index contributed by atoms with van der Waals surface area (Å²) in [6.45, 7) is 0.